The standard InChI is InChI=1S/C17H15BrFN5O/c1-25-12-5-2-10(3-6-12)15-9-16(24-17(20-15)21-22-23-24)13-8-11(18)4-7-14(13)19/h2-8,15-16H,9H2,1H3,(H,20,21,23)/t15-,16+/m0/s1. The van der Waals surface area contributed by atoms with E-state index in [9.17, 15) is 4.39 Å². The van der Waals surface area contributed by atoms with E-state index in [4.69, 9.17) is 4.74 Å². The van der Waals surface area contributed by atoms with Gasteiger partial charge < -0.3 is 10.1 Å². The fourth-order valence-electron chi connectivity index (χ4n) is 3.12. The number of halogens is 2. The number of ether oxygens (including phenoxy) is 1. The van der Waals surface area contributed by atoms with Gasteiger partial charge in [0, 0.05) is 10.0 Å². The molecule has 2 atom stereocenters. The molecule has 1 N–H and O–H groups in total. The molecule has 1 aliphatic rings. The van der Waals surface area contributed by atoms with Gasteiger partial charge in [-0.25, -0.2) is 9.07 Å². The molecule has 1 aliphatic heterocycles. The zero-order chi connectivity index (χ0) is 17.4. The summed E-state index contributed by atoms with van der Waals surface area (Å²) in [6.07, 6.45) is 0.623. The number of benzene rings is 2. The lowest BCUT2D eigenvalue weighted by Gasteiger charge is -2.31. The number of nitrogens with one attached hydrogen (secondary N) is 1. The van der Waals surface area contributed by atoms with Crippen molar-refractivity contribution in [3.63, 3.8) is 0 Å². The molecule has 8 heteroatoms. The molecule has 128 valence electrons. The summed E-state index contributed by atoms with van der Waals surface area (Å²) < 4.78 is 22.1. The van der Waals surface area contributed by atoms with Gasteiger partial charge in [-0.1, -0.05) is 33.2 Å². The van der Waals surface area contributed by atoms with Crippen LogP contribution in [-0.2, 0) is 0 Å². The van der Waals surface area contributed by atoms with Gasteiger partial charge in [0.2, 0.25) is 5.95 Å². The second-order valence-electron chi connectivity index (χ2n) is 5.83. The van der Waals surface area contributed by atoms with Crippen LogP contribution in [-0.4, -0.2) is 27.3 Å². The number of rotatable bonds is 3. The number of aromatic nitrogens is 4. The van der Waals surface area contributed by atoms with Crippen LogP contribution in [0.2, 0.25) is 0 Å². The average molecular weight is 404 g/mol. The van der Waals surface area contributed by atoms with E-state index in [1.165, 1.54) is 6.07 Å². The van der Waals surface area contributed by atoms with E-state index in [-0.39, 0.29) is 17.9 Å². The topological polar surface area (TPSA) is 64.9 Å². The summed E-state index contributed by atoms with van der Waals surface area (Å²) >= 11 is 3.41. The van der Waals surface area contributed by atoms with Crippen molar-refractivity contribution in [2.24, 2.45) is 0 Å². The van der Waals surface area contributed by atoms with Gasteiger partial charge in [-0.05, 0) is 52.7 Å². The van der Waals surface area contributed by atoms with Crippen LogP contribution in [0.5, 0.6) is 5.75 Å². The van der Waals surface area contributed by atoms with Crippen molar-refractivity contribution < 1.29 is 9.13 Å². The van der Waals surface area contributed by atoms with Gasteiger partial charge in [-0.15, -0.1) is 0 Å². The van der Waals surface area contributed by atoms with E-state index >= 15 is 0 Å². The Morgan fingerprint density at radius 1 is 1.24 bits per heavy atom. The number of tetrazole rings is 1. The number of hydrogen-bond acceptors (Lipinski definition) is 5. The second-order valence-corrected chi connectivity index (χ2v) is 6.75. The van der Waals surface area contributed by atoms with Gasteiger partial charge in [-0.3, -0.25) is 0 Å². The Balaban J connectivity index is 1.73. The van der Waals surface area contributed by atoms with E-state index in [0.717, 1.165) is 15.8 Å². The molecular formula is C17H15BrFN5O. The van der Waals surface area contributed by atoms with Crippen LogP contribution >= 0.6 is 15.9 Å². The highest BCUT2D eigenvalue weighted by Gasteiger charge is 2.32. The number of nitrogens with zero attached hydrogens (tertiary/aromatic N) is 4. The summed E-state index contributed by atoms with van der Waals surface area (Å²) in [5.41, 5.74) is 1.62. The van der Waals surface area contributed by atoms with Crippen LogP contribution in [0.1, 0.15) is 29.6 Å². The summed E-state index contributed by atoms with van der Waals surface area (Å²) in [7, 11) is 1.63. The number of anilines is 1. The molecule has 0 fully saturated rings. The SMILES string of the molecule is COc1ccc([C@@H]2C[C@H](c3cc(Br)ccc3F)n3nnnc3N2)cc1. The lowest BCUT2D eigenvalue weighted by atomic mass is 9.93. The van der Waals surface area contributed by atoms with Gasteiger partial charge in [0.15, 0.2) is 0 Å². The van der Waals surface area contributed by atoms with Gasteiger partial charge in [0.1, 0.15) is 11.6 Å². The number of methoxy groups -OCH3 is 1. The predicted octanol–water partition coefficient (Wildman–Crippen LogP) is 3.73. The van der Waals surface area contributed by atoms with Crippen LogP contribution in [0, 0.1) is 5.82 Å². The minimum Gasteiger partial charge on any atom is -0.497 e. The number of hydrogen-bond donors (Lipinski definition) is 1. The molecule has 1 aromatic heterocycles. The summed E-state index contributed by atoms with van der Waals surface area (Å²) in [6, 6.07) is 12.4. The Bertz CT molecular complexity index is 898. The first-order chi connectivity index (χ1) is 12.2. The van der Waals surface area contributed by atoms with Gasteiger partial charge in [-0.2, -0.15) is 0 Å². The first kappa shape index (κ1) is 16.0. The molecule has 0 amide bonds. The fraction of sp³-hybridized carbons (Fsp3) is 0.235. The molecule has 2 heterocycles. The van der Waals surface area contributed by atoms with Crippen molar-refractivity contribution in [2.75, 3.05) is 12.4 Å². The quantitative estimate of drug-likeness (QED) is 0.721. The molecule has 0 aliphatic carbocycles. The minimum absolute atomic E-state index is 0.0345. The summed E-state index contributed by atoms with van der Waals surface area (Å²) in [4.78, 5) is 0. The van der Waals surface area contributed by atoms with Crippen molar-refractivity contribution >= 4 is 21.9 Å². The van der Waals surface area contributed by atoms with E-state index in [2.05, 4.69) is 36.8 Å². The third-order valence-electron chi connectivity index (χ3n) is 4.39. The third-order valence-corrected chi connectivity index (χ3v) is 4.88. The minimum atomic E-state index is -0.296. The molecule has 2 aromatic carbocycles. The lowest BCUT2D eigenvalue weighted by Crippen LogP contribution is -2.28. The third kappa shape index (κ3) is 2.97. The van der Waals surface area contributed by atoms with Crippen molar-refractivity contribution in [3.05, 3.63) is 63.9 Å². The maximum absolute atomic E-state index is 14.4. The number of fused-ring (bicyclic) bond motifs is 1. The van der Waals surface area contributed by atoms with Crippen molar-refractivity contribution in [2.45, 2.75) is 18.5 Å². The monoisotopic (exact) mass is 403 g/mol. The predicted molar refractivity (Wildman–Crippen MR) is 94.0 cm³/mol. The Kier molecular flexibility index (Phi) is 4.12. The molecule has 0 spiro atoms. The van der Waals surface area contributed by atoms with Crippen molar-refractivity contribution in [3.8, 4) is 5.75 Å². The van der Waals surface area contributed by atoms with E-state index in [1.807, 2.05) is 24.3 Å². The maximum Gasteiger partial charge on any atom is 0.243 e. The van der Waals surface area contributed by atoms with E-state index < -0.39 is 0 Å². The van der Waals surface area contributed by atoms with Crippen LogP contribution in [0.3, 0.4) is 0 Å². The van der Waals surface area contributed by atoms with E-state index in [1.54, 1.807) is 23.9 Å². The molecule has 0 saturated heterocycles. The summed E-state index contributed by atoms with van der Waals surface area (Å²) in [5, 5.41) is 15.1. The average Bonchev–Trinajstić information content (AvgIpc) is 3.12. The van der Waals surface area contributed by atoms with Crippen LogP contribution in [0.15, 0.2) is 46.9 Å². The fourth-order valence-corrected chi connectivity index (χ4v) is 3.50. The van der Waals surface area contributed by atoms with Crippen LogP contribution in [0.4, 0.5) is 10.3 Å². The second kappa shape index (κ2) is 6.44. The Morgan fingerprint density at radius 2 is 2.04 bits per heavy atom. The molecule has 25 heavy (non-hydrogen) atoms. The zero-order valence-electron chi connectivity index (χ0n) is 13.4. The van der Waals surface area contributed by atoms with E-state index in [0.29, 0.717) is 17.9 Å². The molecular weight excluding hydrogens is 389 g/mol. The normalized spacial score (nSPS) is 19.2. The maximum atomic E-state index is 14.4. The van der Waals surface area contributed by atoms with Gasteiger partial charge >= 0.3 is 0 Å². The van der Waals surface area contributed by atoms with Crippen molar-refractivity contribution in [1.82, 2.24) is 20.2 Å². The Hall–Kier alpha value is -2.48. The highest BCUT2D eigenvalue weighted by atomic mass is 79.9. The first-order valence-electron chi connectivity index (χ1n) is 7.79. The van der Waals surface area contributed by atoms with Crippen molar-refractivity contribution in [1.29, 1.82) is 0 Å². The summed E-state index contributed by atoms with van der Waals surface area (Å²) in [6.45, 7) is 0. The van der Waals surface area contributed by atoms with Gasteiger partial charge in [0.25, 0.3) is 0 Å². The zero-order valence-corrected chi connectivity index (χ0v) is 14.9. The highest BCUT2D eigenvalue weighted by Crippen LogP contribution is 2.38. The Morgan fingerprint density at radius 3 is 2.80 bits per heavy atom. The molecule has 3 aromatic rings. The molecule has 6 nitrogen and oxygen atoms in total. The molecule has 0 unspecified atom stereocenters. The molecule has 0 radical (unpaired) electrons. The highest BCUT2D eigenvalue weighted by molar-refractivity contribution is 9.10. The smallest absolute Gasteiger partial charge is 0.243 e. The van der Waals surface area contributed by atoms with Crippen LogP contribution < -0.4 is 10.1 Å². The molecule has 0 saturated carbocycles. The molecule has 0 bridgehead atoms. The molecule has 4 rings (SSSR count). The van der Waals surface area contributed by atoms with Gasteiger partial charge in [0.05, 0.1) is 19.2 Å². The van der Waals surface area contributed by atoms with Crippen LogP contribution in [0.25, 0.3) is 0 Å². The Labute approximate surface area is 152 Å². The largest absolute Gasteiger partial charge is 0.497 e. The summed E-state index contributed by atoms with van der Waals surface area (Å²) in [5.74, 6) is 1.04. The lowest BCUT2D eigenvalue weighted by molar-refractivity contribution is 0.406. The first-order valence-corrected chi connectivity index (χ1v) is 8.58.